The van der Waals surface area contributed by atoms with E-state index in [4.69, 9.17) is 0 Å². The van der Waals surface area contributed by atoms with E-state index in [2.05, 4.69) is 43.0 Å². The lowest BCUT2D eigenvalue weighted by Gasteiger charge is -2.23. The highest BCUT2D eigenvalue weighted by atomic mass is 15.2. The van der Waals surface area contributed by atoms with Gasteiger partial charge in [0.05, 0.1) is 0 Å². The summed E-state index contributed by atoms with van der Waals surface area (Å²) in [6.07, 6.45) is 6.68. The zero-order valence-electron chi connectivity index (χ0n) is 11.3. The molecule has 0 aromatic heterocycles. The van der Waals surface area contributed by atoms with Gasteiger partial charge in [-0.05, 0) is 57.7 Å². The second kappa shape index (κ2) is 6.20. The molecule has 1 fully saturated rings. The fourth-order valence-corrected chi connectivity index (χ4v) is 3.00. The molecule has 1 heterocycles. The van der Waals surface area contributed by atoms with Crippen molar-refractivity contribution in [3.05, 3.63) is 35.4 Å². The molecule has 17 heavy (non-hydrogen) atoms. The molecule has 1 aliphatic heterocycles. The Morgan fingerprint density at radius 2 is 2.24 bits per heavy atom. The Balaban J connectivity index is 1.85. The minimum Gasteiger partial charge on any atom is -0.300 e. The van der Waals surface area contributed by atoms with Crippen LogP contribution in [0.3, 0.4) is 0 Å². The predicted octanol–water partition coefficient (Wildman–Crippen LogP) is 3.80. The maximum Gasteiger partial charge on any atom is 0.00988 e. The van der Waals surface area contributed by atoms with Crippen LogP contribution in [0.5, 0.6) is 0 Å². The third-order valence-corrected chi connectivity index (χ3v) is 3.86. The zero-order chi connectivity index (χ0) is 12.1. The highest BCUT2D eigenvalue weighted by Crippen LogP contribution is 2.22. The fraction of sp³-hybridized carbons (Fsp3) is 0.625. The van der Waals surface area contributed by atoms with Crippen LogP contribution in [0.1, 0.15) is 43.7 Å². The summed E-state index contributed by atoms with van der Waals surface area (Å²) in [5.41, 5.74) is 2.90. The van der Waals surface area contributed by atoms with Gasteiger partial charge < -0.3 is 4.90 Å². The van der Waals surface area contributed by atoms with Crippen molar-refractivity contribution in [1.29, 1.82) is 0 Å². The molecule has 0 aliphatic carbocycles. The molecule has 1 nitrogen and oxygen atoms in total. The second-order valence-electron chi connectivity index (χ2n) is 5.36. The first-order chi connectivity index (χ1) is 8.29. The SMILES string of the molecule is CCCN1CCCC1CCc1cccc(C)c1. The maximum atomic E-state index is 2.69. The summed E-state index contributed by atoms with van der Waals surface area (Å²) in [5.74, 6) is 0. The van der Waals surface area contributed by atoms with Gasteiger partial charge in [0.1, 0.15) is 0 Å². The summed E-state index contributed by atoms with van der Waals surface area (Å²) >= 11 is 0. The summed E-state index contributed by atoms with van der Waals surface area (Å²) in [4.78, 5) is 2.69. The Morgan fingerprint density at radius 1 is 1.35 bits per heavy atom. The Bertz CT molecular complexity index is 345. The zero-order valence-corrected chi connectivity index (χ0v) is 11.3. The molecule has 2 rings (SSSR count). The molecule has 1 aromatic rings. The van der Waals surface area contributed by atoms with E-state index in [0.29, 0.717) is 0 Å². The molecule has 1 saturated heterocycles. The Labute approximate surface area is 106 Å². The summed E-state index contributed by atoms with van der Waals surface area (Å²) in [7, 11) is 0. The van der Waals surface area contributed by atoms with Gasteiger partial charge in [-0.1, -0.05) is 36.8 Å². The van der Waals surface area contributed by atoms with Crippen molar-refractivity contribution in [1.82, 2.24) is 4.90 Å². The number of hydrogen-bond acceptors (Lipinski definition) is 1. The quantitative estimate of drug-likeness (QED) is 0.745. The molecule has 1 aromatic carbocycles. The van der Waals surface area contributed by atoms with Crippen LogP contribution in [0.15, 0.2) is 24.3 Å². The summed E-state index contributed by atoms with van der Waals surface area (Å²) in [6.45, 7) is 7.09. The van der Waals surface area contributed by atoms with Crippen LogP contribution in [-0.2, 0) is 6.42 Å². The summed E-state index contributed by atoms with van der Waals surface area (Å²) in [5, 5.41) is 0. The van der Waals surface area contributed by atoms with Crippen LogP contribution < -0.4 is 0 Å². The van der Waals surface area contributed by atoms with Crippen molar-refractivity contribution >= 4 is 0 Å². The summed E-state index contributed by atoms with van der Waals surface area (Å²) in [6, 6.07) is 9.81. The van der Waals surface area contributed by atoms with E-state index >= 15 is 0 Å². The van der Waals surface area contributed by atoms with Crippen molar-refractivity contribution in [3.8, 4) is 0 Å². The molecule has 0 saturated carbocycles. The highest BCUT2D eigenvalue weighted by molar-refractivity contribution is 5.22. The molecule has 1 heteroatoms. The van der Waals surface area contributed by atoms with Crippen LogP contribution in [-0.4, -0.2) is 24.0 Å². The lowest BCUT2D eigenvalue weighted by atomic mass is 10.0. The van der Waals surface area contributed by atoms with Gasteiger partial charge in [-0.2, -0.15) is 0 Å². The lowest BCUT2D eigenvalue weighted by molar-refractivity contribution is 0.243. The van der Waals surface area contributed by atoms with E-state index in [-0.39, 0.29) is 0 Å². The fourth-order valence-electron chi connectivity index (χ4n) is 3.00. The van der Waals surface area contributed by atoms with Gasteiger partial charge in [0.2, 0.25) is 0 Å². The molecule has 1 aliphatic rings. The molecule has 94 valence electrons. The van der Waals surface area contributed by atoms with E-state index in [1.165, 1.54) is 56.3 Å². The normalized spacial score (nSPS) is 20.9. The number of hydrogen-bond donors (Lipinski definition) is 0. The molecule has 0 radical (unpaired) electrons. The minimum absolute atomic E-state index is 0.843. The average Bonchev–Trinajstić information content (AvgIpc) is 2.75. The van der Waals surface area contributed by atoms with Crippen molar-refractivity contribution in [2.75, 3.05) is 13.1 Å². The lowest BCUT2D eigenvalue weighted by Crippen LogP contribution is -2.30. The van der Waals surface area contributed by atoms with Gasteiger partial charge in [0, 0.05) is 6.04 Å². The third-order valence-electron chi connectivity index (χ3n) is 3.86. The Hall–Kier alpha value is -0.820. The van der Waals surface area contributed by atoms with Crippen molar-refractivity contribution < 1.29 is 0 Å². The van der Waals surface area contributed by atoms with E-state index < -0.39 is 0 Å². The van der Waals surface area contributed by atoms with Crippen LogP contribution in [0, 0.1) is 6.92 Å². The number of benzene rings is 1. The average molecular weight is 231 g/mol. The van der Waals surface area contributed by atoms with Gasteiger partial charge >= 0.3 is 0 Å². The van der Waals surface area contributed by atoms with Gasteiger partial charge in [0.15, 0.2) is 0 Å². The van der Waals surface area contributed by atoms with Crippen LogP contribution in [0.25, 0.3) is 0 Å². The molecule has 1 unspecified atom stereocenters. The first-order valence-corrected chi connectivity index (χ1v) is 7.09. The van der Waals surface area contributed by atoms with E-state index in [9.17, 15) is 0 Å². The smallest absolute Gasteiger partial charge is 0.00988 e. The van der Waals surface area contributed by atoms with Crippen molar-refractivity contribution in [2.45, 2.75) is 52.0 Å². The van der Waals surface area contributed by atoms with Crippen molar-refractivity contribution in [2.24, 2.45) is 0 Å². The number of rotatable bonds is 5. The topological polar surface area (TPSA) is 3.24 Å². The van der Waals surface area contributed by atoms with E-state index in [1.807, 2.05) is 0 Å². The standard InChI is InChI=1S/C16H25N/c1-3-11-17-12-5-8-16(17)10-9-15-7-4-6-14(2)13-15/h4,6-7,13,16H,3,5,8-12H2,1-2H3. The highest BCUT2D eigenvalue weighted by Gasteiger charge is 2.22. The largest absolute Gasteiger partial charge is 0.300 e. The van der Waals surface area contributed by atoms with Crippen LogP contribution in [0.2, 0.25) is 0 Å². The van der Waals surface area contributed by atoms with Gasteiger partial charge in [-0.25, -0.2) is 0 Å². The first kappa shape index (κ1) is 12.6. The predicted molar refractivity (Wildman–Crippen MR) is 74.4 cm³/mol. The van der Waals surface area contributed by atoms with Gasteiger partial charge in [-0.3, -0.25) is 0 Å². The van der Waals surface area contributed by atoms with E-state index in [1.54, 1.807) is 0 Å². The number of nitrogens with zero attached hydrogens (tertiary/aromatic N) is 1. The minimum atomic E-state index is 0.843. The van der Waals surface area contributed by atoms with Crippen LogP contribution >= 0.6 is 0 Å². The number of likely N-dealkylation sites (tertiary alicyclic amines) is 1. The van der Waals surface area contributed by atoms with Crippen molar-refractivity contribution in [3.63, 3.8) is 0 Å². The summed E-state index contributed by atoms with van der Waals surface area (Å²) < 4.78 is 0. The molecule has 0 bridgehead atoms. The Kier molecular flexibility index (Phi) is 4.61. The second-order valence-corrected chi connectivity index (χ2v) is 5.36. The molecule has 0 N–H and O–H groups in total. The van der Waals surface area contributed by atoms with Gasteiger partial charge in [0.25, 0.3) is 0 Å². The number of aryl methyl sites for hydroxylation is 2. The van der Waals surface area contributed by atoms with Crippen LogP contribution in [0.4, 0.5) is 0 Å². The maximum absolute atomic E-state index is 2.69. The molecule has 0 amide bonds. The van der Waals surface area contributed by atoms with Gasteiger partial charge in [-0.15, -0.1) is 0 Å². The van der Waals surface area contributed by atoms with E-state index in [0.717, 1.165) is 6.04 Å². The first-order valence-electron chi connectivity index (χ1n) is 7.09. The Morgan fingerprint density at radius 3 is 3.00 bits per heavy atom. The molecule has 1 atom stereocenters. The molecule has 0 spiro atoms. The molecular formula is C16H25N. The monoisotopic (exact) mass is 231 g/mol. The molecular weight excluding hydrogens is 206 g/mol. The third kappa shape index (κ3) is 3.57.